The van der Waals surface area contributed by atoms with Gasteiger partial charge in [0.2, 0.25) is 11.8 Å². The van der Waals surface area contributed by atoms with Crippen LogP contribution in [0.5, 0.6) is 0 Å². The number of aryl methyl sites for hydroxylation is 3. The van der Waals surface area contributed by atoms with E-state index in [1.54, 1.807) is 49.4 Å². The molecule has 0 saturated carbocycles. The van der Waals surface area contributed by atoms with Crippen LogP contribution in [0.1, 0.15) is 42.5 Å². The first kappa shape index (κ1) is 30.2. The zero-order valence-electron chi connectivity index (χ0n) is 23.1. The Morgan fingerprint density at radius 3 is 2.15 bits per heavy atom. The van der Waals surface area contributed by atoms with Crippen LogP contribution in [0.4, 0.5) is 5.69 Å². The van der Waals surface area contributed by atoms with Gasteiger partial charge in [-0.05, 0) is 69.5 Å². The molecule has 0 spiro atoms. The molecule has 0 radical (unpaired) electrons. The Hall–Kier alpha value is -3.36. The number of sulfonamides is 1. The average Bonchev–Trinajstić information content (AvgIpc) is 2.89. The Bertz CT molecular complexity index is 1420. The lowest BCUT2D eigenvalue weighted by atomic mass is 10.1. The molecule has 208 valence electrons. The van der Waals surface area contributed by atoms with Gasteiger partial charge in [-0.1, -0.05) is 72.1 Å². The van der Waals surface area contributed by atoms with Gasteiger partial charge >= 0.3 is 0 Å². The number of rotatable bonds is 11. The molecule has 0 aliphatic heterocycles. The van der Waals surface area contributed by atoms with E-state index in [0.29, 0.717) is 34.8 Å². The second-order valence-corrected chi connectivity index (χ2v) is 11.8. The molecule has 0 fully saturated rings. The van der Waals surface area contributed by atoms with E-state index in [1.165, 1.54) is 17.0 Å². The Morgan fingerprint density at radius 2 is 1.56 bits per heavy atom. The van der Waals surface area contributed by atoms with E-state index in [-0.39, 0.29) is 17.3 Å². The minimum atomic E-state index is -4.12. The van der Waals surface area contributed by atoms with Gasteiger partial charge in [-0.15, -0.1) is 0 Å². The van der Waals surface area contributed by atoms with Gasteiger partial charge in [0.05, 0.1) is 10.6 Å². The second kappa shape index (κ2) is 13.1. The van der Waals surface area contributed by atoms with Crippen molar-refractivity contribution in [1.82, 2.24) is 10.2 Å². The summed E-state index contributed by atoms with van der Waals surface area (Å²) in [5.41, 5.74) is 3.67. The quantitative estimate of drug-likeness (QED) is 0.335. The number of hydrogen-bond donors (Lipinski definition) is 1. The van der Waals surface area contributed by atoms with Crippen LogP contribution in [-0.4, -0.2) is 44.3 Å². The Morgan fingerprint density at radius 1 is 0.923 bits per heavy atom. The summed E-state index contributed by atoms with van der Waals surface area (Å²) in [6.07, 6.45) is 0.344. The molecule has 3 rings (SSSR count). The molecule has 0 aliphatic carbocycles. The molecular formula is C30H36ClN3O4S. The van der Waals surface area contributed by atoms with Crippen LogP contribution in [0, 0.1) is 20.8 Å². The molecule has 7 nitrogen and oxygen atoms in total. The highest BCUT2D eigenvalue weighted by Gasteiger charge is 2.34. The Kier molecular flexibility index (Phi) is 10.2. The fraction of sp³-hybridized carbons (Fsp3) is 0.333. The van der Waals surface area contributed by atoms with Crippen molar-refractivity contribution >= 4 is 39.1 Å². The van der Waals surface area contributed by atoms with Gasteiger partial charge in [-0.25, -0.2) is 8.42 Å². The van der Waals surface area contributed by atoms with E-state index < -0.39 is 28.5 Å². The summed E-state index contributed by atoms with van der Waals surface area (Å²) in [7, 11) is -4.12. The molecule has 0 aromatic heterocycles. The number of nitrogens with one attached hydrogen (secondary N) is 1. The first-order valence-electron chi connectivity index (χ1n) is 13.0. The number of benzene rings is 3. The van der Waals surface area contributed by atoms with Crippen molar-refractivity contribution < 1.29 is 18.0 Å². The van der Waals surface area contributed by atoms with Crippen molar-refractivity contribution in [2.45, 2.75) is 58.5 Å². The van der Waals surface area contributed by atoms with Crippen LogP contribution in [0.3, 0.4) is 0 Å². The zero-order chi connectivity index (χ0) is 28.7. The van der Waals surface area contributed by atoms with Gasteiger partial charge < -0.3 is 10.2 Å². The number of amides is 2. The van der Waals surface area contributed by atoms with Gasteiger partial charge in [0.25, 0.3) is 10.0 Å². The highest BCUT2D eigenvalue weighted by molar-refractivity contribution is 7.92. The van der Waals surface area contributed by atoms with Crippen LogP contribution in [0.25, 0.3) is 0 Å². The van der Waals surface area contributed by atoms with E-state index in [2.05, 4.69) is 5.32 Å². The van der Waals surface area contributed by atoms with Crippen LogP contribution in [-0.2, 0) is 26.2 Å². The summed E-state index contributed by atoms with van der Waals surface area (Å²) >= 11 is 6.42. The zero-order valence-corrected chi connectivity index (χ0v) is 24.6. The van der Waals surface area contributed by atoms with Crippen molar-refractivity contribution in [2.24, 2.45) is 0 Å². The van der Waals surface area contributed by atoms with Crippen molar-refractivity contribution in [2.75, 3.05) is 17.4 Å². The van der Waals surface area contributed by atoms with Crippen LogP contribution in [0.15, 0.2) is 71.6 Å². The summed E-state index contributed by atoms with van der Waals surface area (Å²) in [4.78, 5) is 28.6. The van der Waals surface area contributed by atoms with Crippen LogP contribution in [0.2, 0.25) is 5.02 Å². The molecule has 39 heavy (non-hydrogen) atoms. The summed E-state index contributed by atoms with van der Waals surface area (Å²) < 4.78 is 29.1. The van der Waals surface area contributed by atoms with Gasteiger partial charge in [0.1, 0.15) is 12.6 Å². The SMILES string of the molecule is CCNC(=O)[C@H](CC)N(Cc1ccccc1Cl)C(=O)CN(c1ccc(C)cc1C)S(=O)(=O)c1ccc(C)cc1. The number of nitrogens with zero attached hydrogens (tertiary/aromatic N) is 2. The fourth-order valence-electron chi connectivity index (χ4n) is 4.46. The molecule has 3 aromatic rings. The molecule has 1 N–H and O–H groups in total. The normalized spacial score (nSPS) is 12.1. The van der Waals surface area contributed by atoms with E-state index in [4.69, 9.17) is 11.6 Å². The lowest BCUT2D eigenvalue weighted by molar-refractivity contribution is -0.140. The number of likely N-dealkylation sites (N-methyl/N-ethyl adjacent to an activating group) is 1. The molecule has 0 aliphatic rings. The number of anilines is 1. The predicted octanol–water partition coefficient (Wildman–Crippen LogP) is 5.40. The predicted molar refractivity (Wildman–Crippen MR) is 156 cm³/mol. The number of halogens is 1. The van der Waals surface area contributed by atoms with E-state index in [0.717, 1.165) is 15.4 Å². The van der Waals surface area contributed by atoms with Crippen molar-refractivity contribution in [3.05, 3.63) is 94.0 Å². The maximum atomic E-state index is 14.1. The first-order chi connectivity index (χ1) is 18.5. The van der Waals surface area contributed by atoms with Gasteiger partial charge in [-0.2, -0.15) is 0 Å². The maximum absolute atomic E-state index is 14.1. The molecule has 3 aromatic carbocycles. The highest BCUT2D eigenvalue weighted by Crippen LogP contribution is 2.29. The minimum Gasteiger partial charge on any atom is -0.355 e. The van der Waals surface area contributed by atoms with Gasteiger partial charge in [0.15, 0.2) is 0 Å². The smallest absolute Gasteiger partial charge is 0.264 e. The van der Waals surface area contributed by atoms with E-state index in [1.807, 2.05) is 39.8 Å². The topological polar surface area (TPSA) is 86.8 Å². The largest absolute Gasteiger partial charge is 0.355 e. The third-order valence-electron chi connectivity index (χ3n) is 6.54. The molecule has 2 amide bonds. The Balaban J connectivity index is 2.11. The molecule has 1 atom stereocenters. The first-order valence-corrected chi connectivity index (χ1v) is 14.8. The Labute approximate surface area is 236 Å². The van der Waals surface area contributed by atoms with Gasteiger partial charge in [-0.3, -0.25) is 13.9 Å². The second-order valence-electron chi connectivity index (χ2n) is 9.55. The molecular weight excluding hydrogens is 534 g/mol. The molecule has 0 unspecified atom stereocenters. The summed E-state index contributed by atoms with van der Waals surface area (Å²) in [5, 5.41) is 3.25. The van der Waals surface area contributed by atoms with Crippen molar-refractivity contribution in [3.63, 3.8) is 0 Å². The summed E-state index contributed by atoms with van der Waals surface area (Å²) in [6, 6.07) is 18.2. The number of carbonyl (C=O) groups is 2. The molecule has 0 bridgehead atoms. The standard InChI is InChI=1S/C30H36ClN3O4S/c1-6-27(30(36)32-7-2)33(19-24-10-8-9-11-26(24)31)29(35)20-34(28-17-14-22(4)18-23(28)5)39(37,38)25-15-12-21(3)13-16-25/h8-18,27H,6-7,19-20H2,1-5H3,(H,32,36)/t27-/m0/s1. The third-order valence-corrected chi connectivity index (χ3v) is 8.69. The molecule has 9 heteroatoms. The summed E-state index contributed by atoms with van der Waals surface area (Å²) in [6.45, 7) is 9.21. The fourth-order valence-corrected chi connectivity index (χ4v) is 6.13. The average molecular weight is 570 g/mol. The minimum absolute atomic E-state index is 0.0550. The maximum Gasteiger partial charge on any atom is 0.264 e. The molecule has 0 heterocycles. The number of carbonyl (C=O) groups excluding carboxylic acids is 2. The third kappa shape index (κ3) is 7.19. The lowest BCUT2D eigenvalue weighted by Gasteiger charge is -2.33. The monoisotopic (exact) mass is 569 g/mol. The van der Waals surface area contributed by atoms with Crippen molar-refractivity contribution in [1.29, 1.82) is 0 Å². The lowest BCUT2D eigenvalue weighted by Crippen LogP contribution is -2.52. The summed E-state index contributed by atoms with van der Waals surface area (Å²) in [5.74, 6) is -0.816. The van der Waals surface area contributed by atoms with Crippen molar-refractivity contribution in [3.8, 4) is 0 Å². The highest BCUT2D eigenvalue weighted by atomic mass is 35.5. The number of hydrogen-bond acceptors (Lipinski definition) is 4. The van der Waals surface area contributed by atoms with E-state index in [9.17, 15) is 18.0 Å². The van der Waals surface area contributed by atoms with Crippen LogP contribution < -0.4 is 9.62 Å². The molecule has 0 saturated heterocycles. The van der Waals surface area contributed by atoms with E-state index >= 15 is 0 Å². The van der Waals surface area contributed by atoms with Crippen LogP contribution >= 0.6 is 11.6 Å². The van der Waals surface area contributed by atoms with Gasteiger partial charge in [0, 0.05) is 18.1 Å².